The molecule has 0 saturated heterocycles. The maximum atomic E-state index is 12.1. The predicted molar refractivity (Wildman–Crippen MR) is 85.5 cm³/mol. The first-order valence-electron chi connectivity index (χ1n) is 7.13. The highest BCUT2D eigenvalue weighted by molar-refractivity contribution is 6.03. The van der Waals surface area contributed by atoms with Crippen molar-refractivity contribution >= 4 is 17.8 Å². The number of aromatic carboxylic acids is 1. The number of carbonyl (C=O) groups excluding carboxylic acids is 1. The van der Waals surface area contributed by atoms with Gasteiger partial charge in [0.1, 0.15) is 5.69 Å². The molecular formula is C17H13N3O4. The maximum Gasteiger partial charge on any atom is 0.343 e. The molecule has 2 aromatic heterocycles. The van der Waals surface area contributed by atoms with Crippen LogP contribution in [0.15, 0.2) is 59.3 Å². The lowest BCUT2D eigenvalue weighted by Gasteiger charge is -2.03. The van der Waals surface area contributed by atoms with E-state index < -0.39 is 11.9 Å². The molecule has 1 aromatic carbocycles. The summed E-state index contributed by atoms with van der Waals surface area (Å²) in [7, 11) is 0. The SMILES string of the molecule is O=C(Cc1ccccc1)Nc1onc(-c2ccccn2)c1C(=O)O. The van der Waals surface area contributed by atoms with E-state index in [0.717, 1.165) is 5.56 Å². The fourth-order valence-corrected chi connectivity index (χ4v) is 2.20. The number of hydrogen-bond donors (Lipinski definition) is 2. The van der Waals surface area contributed by atoms with Crippen LogP contribution in [0.25, 0.3) is 11.4 Å². The van der Waals surface area contributed by atoms with Crippen molar-refractivity contribution in [2.45, 2.75) is 6.42 Å². The minimum absolute atomic E-state index is 0.0677. The van der Waals surface area contributed by atoms with Crippen LogP contribution in [0.4, 0.5) is 5.88 Å². The van der Waals surface area contributed by atoms with Gasteiger partial charge >= 0.3 is 5.97 Å². The molecule has 0 aliphatic heterocycles. The Morgan fingerprint density at radius 2 is 1.83 bits per heavy atom. The summed E-state index contributed by atoms with van der Waals surface area (Å²) in [6.45, 7) is 0. The monoisotopic (exact) mass is 323 g/mol. The second-order valence-electron chi connectivity index (χ2n) is 4.97. The van der Waals surface area contributed by atoms with Crippen LogP contribution in [0.3, 0.4) is 0 Å². The van der Waals surface area contributed by atoms with Gasteiger partial charge < -0.3 is 9.63 Å². The highest BCUT2D eigenvalue weighted by Crippen LogP contribution is 2.27. The van der Waals surface area contributed by atoms with E-state index in [2.05, 4.69) is 15.5 Å². The minimum atomic E-state index is -1.26. The summed E-state index contributed by atoms with van der Waals surface area (Å²) in [5.74, 6) is -1.86. The largest absolute Gasteiger partial charge is 0.477 e. The summed E-state index contributed by atoms with van der Waals surface area (Å²) in [6.07, 6.45) is 1.61. The number of carboxylic acids is 1. The van der Waals surface area contributed by atoms with E-state index in [4.69, 9.17) is 4.52 Å². The molecule has 0 aliphatic carbocycles. The molecule has 24 heavy (non-hydrogen) atoms. The Bertz CT molecular complexity index is 860. The molecule has 0 saturated carbocycles. The van der Waals surface area contributed by atoms with Gasteiger partial charge in [0.15, 0.2) is 5.56 Å². The number of pyridine rings is 1. The summed E-state index contributed by atoms with van der Waals surface area (Å²) in [6, 6.07) is 14.1. The minimum Gasteiger partial charge on any atom is -0.477 e. The Labute approximate surface area is 136 Å². The first kappa shape index (κ1) is 15.4. The number of rotatable bonds is 5. The molecule has 0 spiro atoms. The van der Waals surface area contributed by atoms with Crippen LogP contribution in [0.1, 0.15) is 15.9 Å². The van der Waals surface area contributed by atoms with Crippen LogP contribution in [-0.4, -0.2) is 27.1 Å². The number of amides is 1. The molecule has 120 valence electrons. The van der Waals surface area contributed by atoms with E-state index in [0.29, 0.717) is 5.69 Å². The van der Waals surface area contributed by atoms with Gasteiger partial charge in [0, 0.05) is 6.20 Å². The van der Waals surface area contributed by atoms with E-state index in [9.17, 15) is 14.7 Å². The molecule has 0 atom stereocenters. The van der Waals surface area contributed by atoms with Gasteiger partial charge in [-0.1, -0.05) is 41.6 Å². The lowest BCUT2D eigenvalue weighted by Crippen LogP contribution is -2.16. The standard InChI is InChI=1S/C17H13N3O4/c21-13(10-11-6-2-1-3-7-11)19-16-14(17(22)23)15(20-24-16)12-8-4-5-9-18-12/h1-9H,10H2,(H,19,21)(H,22,23). The van der Waals surface area contributed by atoms with Crippen molar-refractivity contribution in [3.05, 3.63) is 65.9 Å². The molecule has 0 aliphatic rings. The van der Waals surface area contributed by atoms with Crippen molar-refractivity contribution in [1.29, 1.82) is 0 Å². The van der Waals surface area contributed by atoms with E-state index in [1.807, 2.05) is 18.2 Å². The fourth-order valence-electron chi connectivity index (χ4n) is 2.20. The first-order chi connectivity index (χ1) is 11.6. The topological polar surface area (TPSA) is 105 Å². The molecule has 7 nitrogen and oxygen atoms in total. The van der Waals surface area contributed by atoms with Crippen molar-refractivity contribution < 1.29 is 19.2 Å². The Morgan fingerprint density at radius 3 is 2.50 bits per heavy atom. The lowest BCUT2D eigenvalue weighted by atomic mass is 10.1. The van der Waals surface area contributed by atoms with Gasteiger partial charge in [-0.3, -0.25) is 15.1 Å². The number of anilines is 1. The number of carboxylic acid groups (broad SMARTS) is 1. The summed E-state index contributed by atoms with van der Waals surface area (Å²) >= 11 is 0. The zero-order valence-electron chi connectivity index (χ0n) is 12.5. The summed E-state index contributed by atoms with van der Waals surface area (Å²) in [5.41, 5.74) is 0.992. The Hall–Kier alpha value is -3.48. The van der Waals surface area contributed by atoms with Crippen molar-refractivity contribution in [2.24, 2.45) is 0 Å². The van der Waals surface area contributed by atoms with Crippen LogP contribution in [0.5, 0.6) is 0 Å². The van der Waals surface area contributed by atoms with Crippen molar-refractivity contribution in [2.75, 3.05) is 5.32 Å². The van der Waals surface area contributed by atoms with Gasteiger partial charge in [-0.2, -0.15) is 0 Å². The van der Waals surface area contributed by atoms with Crippen LogP contribution in [-0.2, 0) is 11.2 Å². The van der Waals surface area contributed by atoms with Crippen molar-refractivity contribution in [3.8, 4) is 11.4 Å². The molecule has 2 N–H and O–H groups in total. The van der Waals surface area contributed by atoms with E-state index in [1.165, 1.54) is 6.20 Å². The number of carbonyl (C=O) groups is 2. The number of nitrogens with one attached hydrogen (secondary N) is 1. The number of benzene rings is 1. The average molecular weight is 323 g/mol. The third-order valence-electron chi connectivity index (χ3n) is 3.27. The van der Waals surface area contributed by atoms with Gasteiger partial charge in [0.2, 0.25) is 11.8 Å². The highest BCUT2D eigenvalue weighted by Gasteiger charge is 2.25. The van der Waals surface area contributed by atoms with Crippen LogP contribution < -0.4 is 5.32 Å². The molecule has 3 aromatic rings. The van der Waals surface area contributed by atoms with Crippen LogP contribution in [0.2, 0.25) is 0 Å². The highest BCUT2D eigenvalue weighted by atomic mass is 16.5. The normalized spacial score (nSPS) is 10.3. The second-order valence-corrected chi connectivity index (χ2v) is 4.97. The Kier molecular flexibility index (Phi) is 4.33. The number of aromatic nitrogens is 2. The predicted octanol–water partition coefficient (Wildman–Crippen LogP) is 2.62. The van der Waals surface area contributed by atoms with Crippen LogP contribution in [0, 0.1) is 0 Å². The molecular weight excluding hydrogens is 310 g/mol. The average Bonchev–Trinajstić information content (AvgIpc) is 3.00. The summed E-state index contributed by atoms with van der Waals surface area (Å²) in [4.78, 5) is 27.7. The van der Waals surface area contributed by atoms with Gasteiger partial charge in [-0.05, 0) is 17.7 Å². The van der Waals surface area contributed by atoms with E-state index >= 15 is 0 Å². The molecule has 1 amide bonds. The van der Waals surface area contributed by atoms with Gasteiger partial charge in [-0.25, -0.2) is 4.79 Å². The van der Waals surface area contributed by atoms with Crippen molar-refractivity contribution in [3.63, 3.8) is 0 Å². The van der Waals surface area contributed by atoms with Gasteiger partial charge in [-0.15, -0.1) is 0 Å². The maximum absolute atomic E-state index is 12.1. The second kappa shape index (κ2) is 6.74. The molecule has 0 fully saturated rings. The molecule has 0 unspecified atom stereocenters. The quantitative estimate of drug-likeness (QED) is 0.747. The molecule has 2 heterocycles. The first-order valence-corrected chi connectivity index (χ1v) is 7.13. The molecule has 0 radical (unpaired) electrons. The summed E-state index contributed by atoms with van der Waals surface area (Å²) < 4.78 is 5.02. The third kappa shape index (κ3) is 3.30. The smallest absolute Gasteiger partial charge is 0.343 e. The summed E-state index contributed by atoms with van der Waals surface area (Å²) in [5, 5.41) is 15.6. The molecule has 0 bridgehead atoms. The lowest BCUT2D eigenvalue weighted by molar-refractivity contribution is -0.115. The Morgan fingerprint density at radius 1 is 1.08 bits per heavy atom. The van der Waals surface area contributed by atoms with Crippen LogP contribution >= 0.6 is 0 Å². The third-order valence-corrected chi connectivity index (χ3v) is 3.27. The van der Waals surface area contributed by atoms with E-state index in [1.54, 1.807) is 30.3 Å². The molecule has 7 heteroatoms. The Balaban J connectivity index is 1.85. The number of hydrogen-bond acceptors (Lipinski definition) is 5. The number of nitrogens with zero attached hydrogens (tertiary/aromatic N) is 2. The fraction of sp³-hybridized carbons (Fsp3) is 0.0588. The van der Waals surface area contributed by atoms with Gasteiger partial charge in [0.05, 0.1) is 12.1 Å². The zero-order chi connectivity index (χ0) is 16.9. The van der Waals surface area contributed by atoms with Crippen molar-refractivity contribution in [1.82, 2.24) is 10.1 Å². The molecule has 3 rings (SSSR count). The van der Waals surface area contributed by atoms with Gasteiger partial charge in [0.25, 0.3) is 0 Å². The van der Waals surface area contributed by atoms with E-state index in [-0.39, 0.29) is 23.6 Å². The zero-order valence-corrected chi connectivity index (χ0v) is 12.5.